The van der Waals surface area contributed by atoms with Crippen LogP contribution < -0.4 is 10.5 Å². The third-order valence-corrected chi connectivity index (χ3v) is 5.18. The van der Waals surface area contributed by atoms with E-state index in [0.717, 1.165) is 24.8 Å². The number of hydrogen-bond donors (Lipinski definition) is 1. The fraction of sp³-hybridized carbons (Fsp3) is 0.438. The van der Waals surface area contributed by atoms with Gasteiger partial charge in [-0.15, -0.1) is 0 Å². The number of aromatic nitrogens is 1. The van der Waals surface area contributed by atoms with Gasteiger partial charge in [0.2, 0.25) is 5.56 Å². The monoisotopic (exact) mass is 342 g/mol. The molecule has 2 heterocycles. The number of pyridine rings is 1. The third kappa shape index (κ3) is 2.31. The molecule has 1 aliphatic carbocycles. The van der Waals surface area contributed by atoms with Crippen LogP contribution in [0.3, 0.4) is 0 Å². The summed E-state index contributed by atoms with van der Waals surface area (Å²) in [6.07, 6.45) is -1.75. The van der Waals surface area contributed by atoms with Gasteiger partial charge in [-0.2, -0.15) is 13.2 Å². The number of hydrogen-bond acceptors (Lipinski definition) is 2. The normalized spacial score (nSPS) is 23.4. The van der Waals surface area contributed by atoms with Crippen molar-refractivity contribution >= 4 is 28.2 Å². The van der Waals surface area contributed by atoms with Crippen LogP contribution in [-0.4, -0.2) is 23.7 Å². The fourth-order valence-corrected chi connectivity index (χ4v) is 4.48. The second-order valence-electron chi connectivity index (χ2n) is 6.25. The van der Waals surface area contributed by atoms with Crippen molar-refractivity contribution in [3.05, 3.63) is 39.1 Å². The number of anilines is 1. The highest BCUT2D eigenvalue weighted by molar-refractivity contribution is 6.35. The van der Waals surface area contributed by atoms with Crippen molar-refractivity contribution in [1.82, 2.24) is 4.98 Å². The summed E-state index contributed by atoms with van der Waals surface area (Å²) in [6, 6.07) is 4.47. The molecule has 7 heteroatoms. The van der Waals surface area contributed by atoms with Gasteiger partial charge in [-0.05, 0) is 30.5 Å². The smallest absolute Gasteiger partial charge is 0.359 e. The van der Waals surface area contributed by atoms with Crippen LogP contribution >= 0.6 is 11.6 Å². The molecule has 0 spiro atoms. The molecule has 1 aromatic carbocycles. The Morgan fingerprint density at radius 3 is 2.83 bits per heavy atom. The van der Waals surface area contributed by atoms with Crippen LogP contribution in [0.1, 0.15) is 30.7 Å². The van der Waals surface area contributed by atoms with Crippen LogP contribution in [-0.2, 0) is 0 Å². The van der Waals surface area contributed by atoms with Gasteiger partial charge in [-0.3, -0.25) is 4.79 Å². The maximum atomic E-state index is 13.0. The van der Waals surface area contributed by atoms with Gasteiger partial charge in [0.25, 0.3) is 0 Å². The van der Waals surface area contributed by atoms with E-state index in [2.05, 4.69) is 4.98 Å². The Hall–Kier alpha value is -1.69. The van der Waals surface area contributed by atoms with Gasteiger partial charge in [0.1, 0.15) is 6.54 Å². The van der Waals surface area contributed by atoms with E-state index >= 15 is 0 Å². The number of benzene rings is 1. The van der Waals surface area contributed by atoms with Crippen molar-refractivity contribution < 1.29 is 13.2 Å². The Labute approximate surface area is 135 Å². The standard InChI is InChI=1S/C16H14ClF3N2O/c17-9-6-13(23)21-10-4-5-12-14(15(9)10)8-2-1-3-11(8)22(12)7-16(18,19)20/h4-6,8,11H,1-3,7H2,(H,21,23)/t8-,11+/m1/s1. The number of halogens is 4. The summed E-state index contributed by atoms with van der Waals surface area (Å²) in [6.45, 7) is -0.951. The molecular weight excluding hydrogens is 329 g/mol. The quantitative estimate of drug-likeness (QED) is 0.843. The highest BCUT2D eigenvalue weighted by atomic mass is 35.5. The Balaban J connectivity index is 1.96. The van der Waals surface area contributed by atoms with Gasteiger partial charge in [-0.1, -0.05) is 18.0 Å². The lowest BCUT2D eigenvalue weighted by molar-refractivity contribution is -0.120. The van der Waals surface area contributed by atoms with Crippen molar-refractivity contribution in [2.75, 3.05) is 11.4 Å². The minimum absolute atomic E-state index is 0.0412. The predicted octanol–water partition coefficient (Wildman–Crippen LogP) is 4.20. The van der Waals surface area contributed by atoms with Crippen molar-refractivity contribution in [1.29, 1.82) is 0 Å². The van der Waals surface area contributed by atoms with Crippen LogP contribution in [0.2, 0.25) is 5.02 Å². The number of rotatable bonds is 1. The molecule has 0 unspecified atom stereocenters. The molecule has 122 valence electrons. The lowest BCUT2D eigenvalue weighted by Crippen LogP contribution is -2.39. The summed E-state index contributed by atoms with van der Waals surface area (Å²) in [5, 5.41) is 0.991. The number of H-pyrrole nitrogens is 1. The molecule has 1 fully saturated rings. The molecule has 3 nitrogen and oxygen atoms in total. The van der Waals surface area contributed by atoms with Crippen molar-refractivity contribution in [3.8, 4) is 0 Å². The van der Waals surface area contributed by atoms with Gasteiger partial charge in [0.15, 0.2) is 0 Å². The summed E-state index contributed by atoms with van der Waals surface area (Å²) in [7, 11) is 0. The average Bonchev–Trinajstić information content (AvgIpc) is 3.00. The molecule has 2 aliphatic rings. The largest absolute Gasteiger partial charge is 0.405 e. The first-order chi connectivity index (χ1) is 10.8. The Bertz CT molecular complexity index is 846. The zero-order chi connectivity index (χ0) is 16.4. The molecule has 0 saturated heterocycles. The zero-order valence-corrected chi connectivity index (χ0v) is 12.8. The lowest BCUT2D eigenvalue weighted by atomic mass is 9.94. The molecule has 23 heavy (non-hydrogen) atoms. The van der Waals surface area contributed by atoms with E-state index in [-0.39, 0.29) is 17.5 Å². The van der Waals surface area contributed by atoms with Crippen LogP contribution in [0.5, 0.6) is 0 Å². The van der Waals surface area contributed by atoms with E-state index < -0.39 is 12.7 Å². The van der Waals surface area contributed by atoms with Crippen molar-refractivity contribution in [2.45, 2.75) is 37.4 Å². The van der Waals surface area contributed by atoms with E-state index in [1.165, 1.54) is 11.0 Å². The maximum Gasteiger partial charge on any atom is 0.405 e. The average molecular weight is 343 g/mol. The Kier molecular flexibility index (Phi) is 3.17. The first kappa shape index (κ1) is 14.9. The van der Waals surface area contributed by atoms with Gasteiger partial charge in [-0.25, -0.2) is 0 Å². The number of aromatic amines is 1. The number of nitrogens with one attached hydrogen (secondary N) is 1. The third-order valence-electron chi connectivity index (χ3n) is 4.89. The lowest BCUT2D eigenvalue weighted by Gasteiger charge is -2.27. The van der Waals surface area contributed by atoms with E-state index in [9.17, 15) is 18.0 Å². The summed E-state index contributed by atoms with van der Waals surface area (Å²) in [4.78, 5) is 15.8. The molecular formula is C16H14ClF3N2O. The summed E-state index contributed by atoms with van der Waals surface area (Å²) in [5.74, 6) is 0.0412. The van der Waals surface area contributed by atoms with Gasteiger partial charge < -0.3 is 9.88 Å². The highest BCUT2D eigenvalue weighted by Crippen LogP contribution is 2.52. The van der Waals surface area contributed by atoms with Crippen molar-refractivity contribution in [2.24, 2.45) is 0 Å². The van der Waals surface area contributed by atoms with Gasteiger partial charge >= 0.3 is 6.18 Å². The van der Waals surface area contributed by atoms with E-state index in [0.29, 0.717) is 21.6 Å². The molecule has 0 amide bonds. The topological polar surface area (TPSA) is 36.1 Å². The molecule has 2 aromatic rings. The van der Waals surface area contributed by atoms with Gasteiger partial charge in [0, 0.05) is 29.1 Å². The second-order valence-corrected chi connectivity index (χ2v) is 6.66. The minimum atomic E-state index is -4.25. The molecule has 2 atom stereocenters. The zero-order valence-electron chi connectivity index (χ0n) is 12.1. The fourth-order valence-electron chi connectivity index (χ4n) is 4.18. The van der Waals surface area contributed by atoms with Crippen molar-refractivity contribution in [3.63, 3.8) is 0 Å². The molecule has 0 bridgehead atoms. The number of fused-ring (bicyclic) bond motifs is 5. The van der Waals surface area contributed by atoms with E-state index in [4.69, 9.17) is 11.6 Å². The van der Waals surface area contributed by atoms with E-state index in [1.54, 1.807) is 12.1 Å². The minimum Gasteiger partial charge on any atom is -0.359 e. The first-order valence-corrected chi connectivity index (χ1v) is 7.92. The van der Waals surface area contributed by atoms with Crippen LogP contribution in [0.4, 0.5) is 18.9 Å². The molecule has 1 N–H and O–H groups in total. The Morgan fingerprint density at radius 1 is 1.30 bits per heavy atom. The Morgan fingerprint density at radius 2 is 2.09 bits per heavy atom. The van der Waals surface area contributed by atoms with E-state index in [1.807, 2.05) is 0 Å². The number of alkyl halides is 3. The summed E-state index contributed by atoms with van der Waals surface area (Å²) >= 11 is 6.26. The van der Waals surface area contributed by atoms with Crippen LogP contribution in [0, 0.1) is 0 Å². The molecule has 1 aromatic heterocycles. The van der Waals surface area contributed by atoms with Crippen LogP contribution in [0.15, 0.2) is 23.0 Å². The van der Waals surface area contributed by atoms with Gasteiger partial charge in [0.05, 0.1) is 10.5 Å². The molecule has 0 radical (unpaired) electrons. The first-order valence-electron chi connectivity index (χ1n) is 7.54. The molecule has 1 aliphatic heterocycles. The maximum absolute atomic E-state index is 13.0. The SMILES string of the molecule is O=c1cc(Cl)c2c3c(ccc2[nH]1)N(CC(F)(F)F)[C@H]1CCC[C@@H]31. The molecule has 1 saturated carbocycles. The summed E-state index contributed by atoms with van der Waals surface area (Å²) in [5.41, 5.74) is 1.73. The predicted molar refractivity (Wildman–Crippen MR) is 83.4 cm³/mol. The highest BCUT2D eigenvalue weighted by Gasteiger charge is 2.46. The van der Waals surface area contributed by atoms with Crippen LogP contribution in [0.25, 0.3) is 10.9 Å². The molecule has 4 rings (SSSR count). The number of nitrogens with zero attached hydrogens (tertiary/aromatic N) is 1. The second kappa shape index (κ2) is 4.90. The summed E-state index contributed by atoms with van der Waals surface area (Å²) < 4.78 is 39.0.